The first-order chi connectivity index (χ1) is 13.4. The highest BCUT2D eigenvalue weighted by atomic mass is 16.2. The number of nitrogens with one attached hydrogen (secondary N) is 1. The number of anilines is 1. The van der Waals surface area contributed by atoms with E-state index in [2.05, 4.69) is 20.3 Å². The van der Waals surface area contributed by atoms with Gasteiger partial charge >= 0.3 is 0 Å². The van der Waals surface area contributed by atoms with Gasteiger partial charge in [-0.2, -0.15) is 0 Å². The summed E-state index contributed by atoms with van der Waals surface area (Å²) in [7, 11) is 0. The number of hydrogen-bond donors (Lipinski definition) is 1. The normalized spacial score (nSPS) is 10.5. The van der Waals surface area contributed by atoms with Crippen molar-refractivity contribution < 1.29 is 9.59 Å². The molecule has 3 rings (SSSR count). The van der Waals surface area contributed by atoms with Crippen LogP contribution in [0.4, 0.5) is 5.69 Å². The minimum Gasteiger partial charge on any atom is -0.325 e. The number of carbonyl (C=O) groups excluding carboxylic acids is 2. The second kappa shape index (κ2) is 7.91. The van der Waals surface area contributed by atoms with Crippen LogP contribution in [-0.4, -0.2) is 31.2 Å². The summed E-state index contributed by atoms with van der Waals surface area (Å²) >= 11 is 0. The highest BCUT2D eigenvalue weighted by Crippen LogP contribution is 2.15. The van der Waals surface area contributed by atoms with E-state index in [0.29, 0.717) is 28.2 Å². The number of amides is 1. The lowest BCUT2D eigenvalue weighted by Crippen LogP contribution is -2.32. The molecular formula is C20H19N5O3. The molecule has 0 aliphatic heterocycles. The maximum Gasteiger partial charge on any atom is 0.257 e. The first-order valence-corrected chi connectivity index (χ1v) is 8.62. The fourth-order valence-corrected chi connectivity index (χ4v) is 2.67. The van der Waals surface area contributed by atoms with Crippen molar-refractivity contribution in [3.8, 4) is 11.5 Å². The Kier molecular flexibility index (Phi) is 5.39. The molecule has 0 aliphatic carbocycles. The van der Waals surface area contributed by atoms with Gasteiger partial charge in [0.15, 0.2) is 11.6 Å². The fraction of sp³-hybridized carbons (Fsp3) is 0.200. The van der Waals surface area contributed by atoms with E-state index < -0.39 is 5.91 Å². The highest BCUT2D eigenvalue weighted by molar-refractivity contribution is 5.97. The Bertz CT molecular complexity index is 1110. The summed E-state index contributed by atoms with van der Waals surface area (Å²) in [5, 5.41) is 2.71. The van der Waals surface area contributed by atoms with Crippen molar-refractivity contribution in [3.63, 3.8) is 0 Å². The molecule has 2 heterocycles. The van der Waals surface area contributed by atoms with E-state index in [1.807, 2.05) is 0 Å². The number of nitrogens with zero attached hydrogens (tertiary/aromatic N) is 4. The SMILES string of the molecule is CC(=O)c1cccc(NC(=O)Cn2c(-c3cnccn3)nc(C)c(C)c2=O)c1. The summed E-state index contributed by atoms with van der Waals surface area (Å²) in [5.74, 6) is -0.248. The van der Waals surface area contributed by atoms with Crippen molar-refractivity contribution in [2.24, 2.45) is 0 Å². The molecule has 8 heteroatoms. The molecule has 0 saturated carbocycles. The molecule has 0 bridgehead atoms. The van der Waals surface area contributed by atoms with E-state index in [1.165, 1.54) is 30.1 Å². The van der Waals surface area contributed by atoms with Gasteiger partial charge in [-0.15, -0.1) is 0 Å². The Morgan fingerprint density at radius 3 is 2.64 bits per heavy atom. The van der Waals surface area contributed by atoms with Crippen LogP contribution in [0.3, 0.4) is 0 Å². The average Bonchev–Trinajstić information content (AvgIpc) is 2.69. The number of rotatable bonds is 5. The molecule has 8 nitrogen and oxygen atoms in total. The van der Waals surface area contributed by atoms with E-state index in [1.54, 1.807) is 38.1 Å². The first kappa shape index (κ1) is 19.1. The number of benzene rings is 1. The third kappa shape index (κ3) is 4.01. The van der Waals surface area contributed by atoms with Gasteiger partial charge in [-0.05, 0) is 32.9 Å². The lowest BCUT2D eigenvalue weighted by atomic mass is 10.1. The summed E-state index contributed by atoms with van der Waals surface area (Å²) in [6, 6.07) is 6.61. The predicted octanol–water partition coefficient (Wildman–Crippen LogP) is 2.16. The van der Waals surface area contributed by atoms with Crippen molar-refractivity contribution in [2.45, 2.75) is 27.3 Å². The molecule has 28 heavy (non-hydrogen) atoms. The van der Waals surface area contributed by atoms with Gasteiger partial charge in [-0.3, -0.25) is 23.9 Å². The van der Waals surface area contributed by atoms with Gasteiger partial charge in [0.2, 0.25) is 5.91 Å². The van der Waals surface area contributed by atoms with Crippen molar-refractivity contribution in [2.75, 3.05) is 5.32 Å². The number of Topliss-reactive ketones (excluding diaryl/α,β-unsaturated/α-hetero) is 1. The first-order valence-electron chi connectivity index (χ1n) is 8.62. The second-order valence-electron chi connectivity index (χ2n) is 6.31. The van der Waals surface area contributed by atoms with Gasteiger partial charge in [0, 0.05) is 34.9 Å². The molecule has 0 unspecified atom stereocenters. The Hall–Kier alpha value is -3.68. The smallest absolute Gasteiger partial charge is 0.257 e. The van der Waals surface area contributed by atoms with Crippen molar-refractivity contribution in [1.82, 2.24) is 19.5 Å². The maximum absolute atomic E-state index is 12.8. The molecule has 2 aromatic heterocycles. The highest BCUT2D eigenvalue weighted by Gasteiger charge is 2.17. The van der Waals surface area contributed by atoms with Gasteiger partial charge in [0.1, 0.15) is 12.2 Å². The third-order valence-corrected chi connectivity index (χ3v) is 4.28. The zero-order chi connectivity index (χ0) is 20.3. The molecule has 1 amide bonds. The zero-order valence-electron chi connectivity index (χ0n) is 15.8. The van der Waals surface area contributed by atoms with Gasteiger partial charge in [-0.1, -0.05) is 12.1 Å². The zero-order valence-corrected chi connectivity index (χ0v) is 15.8. The lowest BCUT2D eigenvalue weighted by molar-refractivity contribution is -0.116. The molecule has 0 fully saturated rings. The Morgan fingerprint density at radius 1 is 1.18 bits per heavy atom. The van der Waals surface area contributed by atoms with Crippen molar-refractivity contribution >= 4 is 17.4 Å². The van der Waals surface area contributed by atoms with Gasteiger partial charge in [0.25, 0.3) is 5.56 Å². The van der Waals surface area contributed by atoms with Crippen LogP contribution < -0.4 is 10.9 Å². The molecule has 1 aromatic carbocycles. The van der Waals surface area contributed by atoms with Gasteiger partial charge < -0.3 is 5.32 Å². The summed E-state index contributed by atoms with van der Waals surface area (Å²) in [6.07, 6.45) is 4.50. The van der Waals surface area contributed by atoms with E-state index in [-0.39, 0.29) is 23.7 Å². The molecule has 0 aliphatic rings. The molecule has 0 saturated heterocycles. The summed E-state index contributed by atoms with van der Waals surface area (Å²) < 4.78 is 1.27. The number of aryl methyl sites for hydroxylation is 1. The number of carbonyl (C=O) groups is 2. The Balaban J connectivity index is 1.94. The van der Waals surface area contributed by atoms with Crippen LogP contribution in [0.15, 0.2) is 47.7 Å². The molecule has 0 radical (unpaired) electrons. The topological polar surface area (TPSA) is 107 Å². The standard InChI is InChI=1S/C20H19N5O3/c1-12-13(2)23-19(17-10-21-7-8-22-17)25(20(12)28)11-18(27)24-16-6-4-5-15(9-16)14(3)26/h4-10H,11H2,1-3H3,(H,24,27). The minimum atomic E-state index is -0.419. The van der Waals surface area contributed by atoms with Crippen LogP contribution in [0.5, 0.6) is 0 Å². The van der Waals surface area contributed by atoms with Gasteiger partial charge in [0.05, 0.1) is 6.20 Å². The van der Waals surface area contributed by atoms with Crippen LogP contribution in [0, 0.1) is 13.8 Å². The Morgan fingerprint density at radius 2 is 1.96 bits per heavy atom. The monoisotopic (exact) mass is 377 g/mol. The molecule has 0 atom stereocenters. The second-order valence-corrected chi connectivity index (χ2v) is 6.31. The fourth-order valence-electron chi connectivity index (χ4n) is 2.67. The lowest BCUT2D eigenvalue weighted by Gasteiger charge is -2.14. The van der Waals surface area contributed by atoms with E-state index in [0.717, 1.165) is 0 Å². The predicted molar refractivity (Wildman–Crippen MR) is 104 cm³/mol. The van der Waals surface area contributed by atoms with Crippen molar-refractivity contribution in [1.29, 1.82) is 0 Å². The molecule has 3 aromatic rings. The number of aromatic nitrogens is 4. The van der Waals surface area contributed by atoms with Crippen LogP contribution in [-0.2, 0) is 11.3 Å². The number of ketones is 1. The van der Waals surface area contributed by atoms with Crippen LogP contribution in [0.2, 0.25) is 0 Å². The minimum absolute atomic E-state index is 0.101. The quantitative estimate of drug-likeness (QED) is 0.683. The van der Waals surface area contributed by atoms with Crippen molar-refractivity contribution in [3.05, 3.63) is 70.0 Å². The largest absolute Gasteiger partial charge is 0.325 e. The maximum atomic E-state index is 12.8. The summed E-state index contributed by atoms with van der Waals surface area (Å²) in [4.78, 5) is 49.5. The van der Waals surface area contributed by atoms with E-state index in [4.69, 9.17) is 0 Å². The van der Waals surface area contributed by atoms with Crippen LogP contribution in [0.1, 0.15) is 28.5 Å². The van der Waals surface area contributed by atoms with E-state index in [9.17, 15) is 14.4 Å². The summed E-state index contributed by atoms with van der Waals surface area (Å²) in [5.41, 5.74) is 2.07. The summed E-state index contributed by atoms with van der Waals surface area (Å²) in [6.45, 7) is 4.60. The average molecular weight is 377 g/mol. The third-order valence-electron chi connectivity index (χ3n) is 4.28. The van der Waals surface area contributed by atoms with Gasteiger partial charge in [-0.25, -0.2) is 9.97 Å². The molecular weight excluding hydrogens is 358 g/mol. The van der Waals surface area contributed by atoms with E-state index >= 15 is 0 Å². The number of hydrogen-bond acceptors (Lipinski definition) is 6. The van der Waals surface area contributed by atoms with Crippen LogP contribution >= 0.6 is 0 Å². The molecule has 0 spiro atoms. The molecule has 1 N–H and O–H groups in total. The molecule has 142 valence electrons. The van der Waals surface area contributed by atoms with Crippen LogP contribution in [0.25, 0.3) is 11.5 Å². The Labute approximate surface area is 161 Å².